The zero-order chi connectivity index (χ0) is 14.2. The van der Waals surface area contributed by atoms with E-state index >= 15 is 0 Å². The Morgan fingerprint density at radius 3 is 2.00 bits per heavy atom. The van der Waals surface area contributed by atoms with E-state index in [0.29, 0.717) is 19.3 Å². The Bertz CT molecular complexity index is 165. The molecule has 0 spiro atoms. The van der Waals surface area contributed by atoms with Gasteiger partial charge in [-0.2, -0.15) is 0 Å². The van der Waals surface area contributed by atoms with E-state index in [0.717, 1.165) is 39.2 Å². The average Bonchev–Trinajstić information content (AvgIpc) is 2.39. The molecule has 116 valence electrons. The molecule has 0 aliphatic rings. The fraction of sp³-hybridized carbons (Fsp3) is 1.00. The predicted molar refractivity (Wildman–Crippen MR) is 79.7 cm³/mol. The van der Waals surface area contributed by atoms with Gasteiger partial charge < -0.3 is 19.5 Å². The van der Waals surface area contributed by atoms with Gasteiger partial charge in [0.05, 0.1) is 13.2 Å². The molecule has 1 N–H and O–H groups in total. The molecular formula is C15H33NO3. The summed E-state index contributed by atoms with van der Waals surface area (Å²) in [6.07, 6.45) is 5.93. The molecule has 0 aromatic rings. The summed E-state index contributed by atoms with van der Waals surface area (Å²) in [5, 5.41) is 3.43. The summed E-state index contributed by atoms with van der Waals surface area (Å²) < 4.78 is 15.9. The third kappa shape index (κ3) is 17.8. The van der Waals surface area contributed by atoms with Crippen LogP contribution in [0.4, 0.5) is 0 Å². The predicted octanol–water partition coefficient (Wildman–Crippen LogP) is 2.61. The zero-order valence-corrected chi connectivity index (χ0v) is 13.1. The highest BCUT2D eigenvalue weighted by Crippen LogP contribution is 1.99. The molecular weight excluding hydrogens is 242 g/mol. The van der Waals surface area contributed by atoms with Crippen molar-refractivity contribution in [1.82, 2.24) is 5.32 Å². The highest BCUT2D eigenvalue weighted by Gasteiger charge is 1.94. The molecule has 0 aromatic carbocycles. The van der Waals surface area contributed by atoms with Crippen LogP contribution in [0.2, 0.25) is 0 Å². The molecule has 0 amide bonds. The first-order valence-electron chi connectivity index (χ1n) is 7.65. The van der Waals surface area contributed by atoms with Crippen LogP contribution in [0.3, 0.4) is 0 Å². The molecule has 0 unspecified atom stereocenters. The quantitative estimate of drug-likeness (QED) is 0.466. The van der Waals surface area contributed by atoms with Crippen LogP contribution in [0.25, 0.3) is 0 Å². The Balaban J connectivity index is 2.91. The lowest BCUT2D eigenvalue weighted by Crippen LogP contribution is -2.23. The second kappa shape index (κ2) is 15.9. The van der Waals surface area contributed by atoms with Crippen LogP contribution in [0.15, 0.2) is 0 Å². The minimum absolute atomic E-state index is 0.604. The standard InChI is InChI=1S/C15H33NO3/c1-15(2)16-9-6-4-5-7-11-18-13-14-19-12-8-10-17-3/h15-16H,4-14H2,1-3H3. The van der Waals surface area contributed by atoms with Crippen LogP contribution < -0.4 is 5.32 Å². The van der Waals surface area contributed by atoms with Crippen molar-refractivity contribution in [2.45, 2.75) is 52.0 Å². The van der Waals surface area contributed by atoms with Crippen LogP contribution >= 0.6 is 0 Å². The Morgan fingerprint density at radius 1 is 0.737 bits per heavy atom. The van der Waals surface area contributed by atoms with E-state index in [4.69, 9.17) is 14.2 Å². The smallest absolute Gasteiger partial charge is 0.0700 e. The van der Waals surface area contributed by atoms with Crippen molar-refractivity contribution in [2.24, 2.45) is 0 Å². The summed E-state index contributed by atoms with van der Waals surface area (Å²) in [7, 11) is 1.71. The van der Waals surface area contributed by atoms with Gasteiger partial charge in [0.2, 0.25) is 0 Å². The van der Waals surface area contributed by atoms with Gasteiger partial charge in [0.15, 0.2) is 0 Å². The maximum atomic E-state index is 5.51. The number of nitrogens with one attached hydrogen (secondary N) is 1. The molecule has 0 heterocycles. The van der Waals surface area contributed by atoms with Gasteiger partial charge in [0.25, 0.3) is 0 Å². The fourth-order valence-corrected chi connectivity index (χ4v) is 1.70. The highest BCUT2D eigenvalue weighted by atomic mass is 16.5. The lowest BCUT2D eigenvalue weighted by molar-refractivity contribution is 0.0387. The second-order valence-corrected chi connectivity index (χ2v) is 5.09. The molecule has 0 aromatic heterocycles. The van der Waals surface area contributed by atoms with E-state index in [2.05, 4.69) is 19.2 Å². The molecule has 0 fully saturated rings. The van der Waals surface area contributed by atoms with Crippen LogP contribution in [0, 0.1) is 0 Å². The van der Waals surface area contributed by atoms with Gasteiger partial charge in [-0.05, 0) is 25.8 Å². The second-order valence-electron chi connectivity index (χ2n) is 5.09. The van der Waals surface area contributed by atoms with Crippen molar-refractivity contribution in [1.29, 1.82) is 0 Å². The highest BCUT2D eigenvalue weighted by molar-refractivity contribution is 4.53. The monoisotopic (exact) mass is 275 g/mol. The third-order valence-corrected chi connectivity index (χ3v) is 2.78. The molecule has 0 aliphatic heterocycles. The van der Waals surface area contributed by atoms with E-state index in [1.807, 2.05) is 0 Å². The number of ether oxygens (including phenoxy) is 3. The maximum absolute atomic E-state index is 5.51. The summed E-state index contributed by atoms with van der Waals surface area (Å²) >= 11 is 0. The SMILES string of the molecule is COCCCOCCOCCCCCCNC(C)C. The number of rotatable bonds is 15. The lowest BCUT2D eigenvalue weighted by Gasteiger charge is -2.08. The van der Waals surface area contributed by atoms with Crippen molar-refractivity contribution in [3.8, 4) is 0 Å². The largest absolute Gasteiger partial charge is 0.385 e. The first-order valence-corrected chi connectivity index (χ1v) is 7.65. The lowest BCUT2D eigenvalue weighted by atomic mass is 10.2. The van der Waals surface area contributed by atoms with Gasteiger partial charge in [-0.25, -0.2) is 0 Å². The first kappa shape index (κ1) is 18.8. The number of methoxy groups -OCH3 is 1. The Morgan fingerprint density at radius 2 is 1.37 bits per heavy atom. The van der Waals surface area contributed by atoms with Gasteiger partial charge in [-0.1, -0.05) is 26.7 Å². The molecule has 0 aliphatic carbocycles. The minimum atomic E-state index is 0.604. The van der Waals surface area contributed by atoms with Crippen molar-refractivity contribution < 1.29 is 14.2 Å². The molecule has 0 bridgehead atoms. The fourth-order valence-electron chi connectivity index (χ4n) is 1.70. The van der Waals surface area contributed by atoms with Crippen molar-refractivity contribution in [3.05, 3.63) is 0 Å². The molecule has 4 nitrogen and oxygen atoms in total. The summed E-state index contributed by atoms with van der Waals surface area (Å²) in [4.78, 5) is 0. The summed E-state index contributed by atoms with van der Waals surface area (Å²) in [5.41, 5.74) is 0. The average molecular weight is 275 g/mol. The van der Waals surface area contributed by atoms with Crippen molar-refractivity contribution >= 4 is 0 Å². The van der Waals surface area contributed by atoms with Crippen LogP contribution in [0.1, 0.15) is 46.0 Å². The van der Waals surface area contributed by atoms with E-state index in [-0.39, 0.29) is 0 Å². The van der Waals surface area contributed by atoms with E-state index in [9.17, 15) is 0 Å². The zero-order valence-electron chi connectivity index (χ0n) is 13.1. The minimum Gasteiger partial charge on any atom is -0.385 e. The van der Waals surface area contributed by atoms with Gasteiger partial charge in [0.1, 0.15) is 0 Å². The number of hydrogen-bond acceptors (Lipinski definition) is 4. The van der Waals surface area contributed by atoms with Crippen LogP contribution in [0.5, 0.6) is 0 Å². The summed E-state index contributed by atoms with van der Waals surface area (Å²) in [6.45, 7) is 9.31. The molecule has 4 heteroatoms. The van der Waals surface area contributed by atoms with Crippen LogP contribution in [-0.4, -0.2) is 52.7 Å². The topological polar surface area (TPSA) is 39.7 Å². The first-order chi connectivity index (χ1) is 9.27. The van der Waals surface area contributed by atoms with E-state index < -0.39 is 0 Å². The normalized spacial score (nSPS) is 11.4. The summed E-state index contributed by atoms with van der Waals surface area (Å²) in [6, 6.07) is 0.604. The van der Waals surface area contributed by atoms with Gasteiger partial charge in [-0.3, -0.25) is 0 Å². The Kier molecular flexibility index (Phi) is 15.8. The molecule has 19 heavy (non-hydrogen) atoms. The van der Waals surface area contributed by atoms with Crippen molar-refractivity contribution in [3.63, 3.8) is 0 Å². The summed E-state index contributed by atoms with van der Waals surface area (Å²) in [5.74, 6) is 0. The third-order valence-electron chi connectivity index (χ3n) is 2.78. The van der Waals surface area contributed by atoms with E-state index in [1.165, 1.54) is 19.3 Å². The Labute approximate surface area is 119 Å². The number of hydrogen-bond donors (Lipinski definition) is 1. The molecule has 0 radical (unpaired) electrons. The Hall–Kier alpha value is -0.160. The molecule has 0 saturated heterocycles. The molecule has 0 rings (SSSR count). The van der Waals surface area contributed by atoms with Gasteiger partial charge in [-0.15, -0.1) is 0 Å². The van der Waals surface area contributed by atoms with Crippen molar-refractivity contribution in [2.75, 3.05) is 46.7 Å². The number of unbranched alkanes of at least 4 members (excludes halogenated alkanes) is 3. The maximum Gasteiger partial charge on any atom is 0.0700 e. The molecule has 0 saturated carbocycles. The van der Waals surface area contributed by atoms with Crippen LogP contribution in [-0.2, 0) is 14.2 Å². The van der Waals surface area contributed by atoms with Gasteiger partial charge in [0, 0.05) is 33.0 Å². The van der Waals surface area contributed by atoms with Gasteiger partial charge >= 0.3 is 0 Å². The molecule has 0 atom stereocenters. The van der Waals surface area contributed by atoms with E-state index in [1.54, 1.807) is 7.11 Å².